The van der Waals surface area contributed by atoms with Crippen molar-refractivity contribution in [2.75, 3.05) is 53.4 Å². The van der Waals surface area contributed by atoms with Crippen molar-refractivity contribution in [2.24, 2.45) is 10.9 Å². The van der Waals surface area contributed by atoms with Crippen molar-refractivity contribution in [1.29, 1.82) is 0 Å². The van der Waals surface area contributed by atoms with E-state index in [1.807, 2.05) is 4.90 Å². The minimum absolute atomic E-state index is 0.0859. The number of aliphatic imine (C=N–C) groups is 1. The van der Waals surface area contributed by atoms with Gasteiger partial charge in [-0.1, -0.05) is 0 Å². The first-order chi connectivity index (χ1) is 11.3. The average molecular weight is 352 g/mol. The number of carbonyl (C=O) groups is 1. The number of esters is 1. The molecule has 1 aliphatic heterocycles. The molecule has 1 heterocycles. The number of alkyl halides is 3. The fourth-order valence-electron chi connectivity index (χ4n) is 2.66. The zero-order chi connectivity index (χ0) is 18.2. The Hall–Kier alpha value is -1.51. The molecule has 0 aliphatic carbocycles. The molecule has 1 aliphatic rings. The maximum Gasteiger partial charge on any atom is 0.401 e. The van der Waals surface area contributed by atoms with Gasteiger partial charge in [-0.25, -0.2) is 0 Å². The number of hydrogen-bond donors (Lipinski definition) is 1. The highest BCUT2D eigenvalue weighted by Gasteiger charge is 2.29. The van der Waals surface area contributed by atoms with Crippen LogP contribution in [0.5, 0.6) is 0 Å². The predicted octanol–water partition coefficient (Wildman–Crippen LogP) is 1.33. The molecule has 24 heavy (non-hydrogen) atoms. The second-order valence-corrected chi connectivity index (χ2v) is 5.84. The van der Waals surface area contributed by atoms with Gasteiger partial charge in [0.05, 0.1) is 19.1 Å². The van der Waals surface area contributed by atoms with Gasteiger partial charge >= 0.3 is 12.1 Å². The first kappa shape index (κ1) is 20.5. The van der Waals surface area contributed by atoms with Crippen LogP contribution in [0.1, 0.15) is 19.8 Å². The second-order valence-electron chi connectivity index (χ2n) is 5.84. The van der Waals surface area contributed by atoms with E-state index in [-0.39, 0.29) is 18.4 Å². The van der Waals surface area contributed by atoms with Crippen LogP contribution in [0.15, 0.2) is 4.99 Å². The summed E-state index contributed by atoms with van der Waals surface area (Å²) in [4.78, 5) is 19.1. The summed E-state index contributed by atoms with van der Waals surface area (Å²) in [6, 6.07) is 0. The molecule has 1 fully saturated rings. The van der Waals surface area contributed by atoms with Gasteiger partial charge in [-0.05, 0) is 26.8 Å². The number of hydrogen-bond acceptors (Lipinski definition) is 4. The molecular formula is C15H27F3N4O2. The molecule has 0 spiro atoms. The maximum atomic E-state index is 12.3. The van der Waals surface area contributed by atoms with Gasteiger partial charge in [-0.2, -0.15) is 13.2 Å². The Morgan fingerprint density at radius 2 is 2.00 bits per heavy atom. The summed E-state index contributed by atoms with van der Waals surface area (Å²) in [5, 5.41) is 3.08. The highest BCUT2D eigenvalue weighted by Crippen LogP contribution is 2.18. The highest BCUT2D eigenvalue weighted by atomic mass is 19.4. The van der Waals surface area contributed by atoms with E-state index in [9.17, 15) is 18.0 Å². The van der Waals surface area contributed by atoms with E-state index in [0.717, 1.165) is 0 Å². The quantitative estimate of drug-likeness (QED) is 0.444. The van der Waals surface area contributed by atoms with Crippen LogP contribution in [0.2, 0.25) is 0 Å². The molecular weight excluding hydrogens is 325 g/mol. The van der Waals surface area contributed by atoms with Crippen molar-refractivity contribution < 1.29 is 22.7 Å². The minimum Gasteiger partial charge on any atom is -0.466 e. The lowest BCUT2D eigenvalue weighted by atomic mass is 9.97. The Morgan fingerprint density at radius 3 is 2.50 bits per heavy atom. The number of halogens is 3. The smallest absolute Gasteiger partial charge is 0.401 e. The number of piperidine rings is 1. The first-order valence-corrected chi connectivity index (χ1v) is 8.14. The molecule has 0 aromatic heterocycles. The van der Waals surface area contributed by atoms with Crippen LogP contribution >= 0.6 is 0 Å². The van der Waals surface area contributed by atoms with E-state index in [1.54, 1.807) is 14.0 Å². The SMILES string of the molecule is CCOC(=O)C1CCN(C(=NC)NCCN(C)CC(F)(F)F)CC1. The van der Waals surface area contributed by atoms with Crippen molar-refractivity contribution in [1.82, 2.24) is 15.1 Å². The fourth-order valence-corrected chi connectivity index (χ4v) is 2.66. The first-order valence-electron chi connectivity index (χ1n) is 8.14. The minimum atomic E-state index is -4.19. The van der Waals surface area contributed by atoms with Crippen LogP contribution in [-0.2, 0) is 9.53 Å². The molecule has 1 saturated heterocycles. The van der Waals surface area contributed by atoms with Crippen LogP contribution in [0.3, 0.4) is 0 Å². The maximum absolute atomic E-state index is 12.3. The number of carbonyl (C=O) groups excluding carboxylic acids is 1. The number of rotatable bonds is 6. The summed E-state index contributed by atoms with van der Waals surface area (Å²) in [7, 11) is 3.07. The molecule has 0 radical (unpaired) electrons. The summed E-state index contributed by atoms with van der Waals surface area (Å²) in [5.74, 6) is 0.406. The third-order valence-electron chi connectivity index (χ3n) is 3.85. The molecule has 140 valence electrons. The van der Waals surface area contributed by atoms with Crippen LogP contribution in [-0.4, -0.2) is 81.3 Å². The van der Waals surface area contributed by atoms with Crippen molar-refractivity contribution in [2.45, 2.75) is 25.9 Å². The third kappa shape index (κ3) is 7.37. The molecule has 0 aromatic rings. The normalized spacial score (nSPS) is 17.3. The number of nitrogens with one attached hydrogen (secondary N) is 1. The topological polar surface area (TPSA) is 57.2 Å². The van der Waals surface area contributed by atoms with Gasteiger partial charge in [-0.3, -0.25) is 14.7 Å². The summed E-state index contributed by atoms with van der Waals surface area (Å²) >= 11 is 0. The zero-order valence-electron chi connectivity index (χ0n) is 14.5. The molecule has 9 heteroatoms. The lowest BCUT2D eigenvalue weighted by Crippen LogP contribution is -2.48. The van der Waals surface area contributed by atoms with Crippen LogP contribution in [0.4, 0.5) is 13.2 Å². The van der Waals surface area contributed by atoms with Gasteiger partial charge in [0.1, 0.15) is 0 Å². The van der Waals surface area contributed by atoms with Gasteiger partial charge in [0.15, 0.2) is 5.96 Å². The Labute approximate surface area is 141 Å². The average Bonchev–Trinajstić information content (AvgIpc) is 2.50. The molecule has 1 rings (SSSR count). The van der Waals surface area contributed by atoms with E-state index < -0.39 is 12.7 Å². The largest absolute Gasteiger partial charge is 0.466 e. The summed E-state index contributed by atoms with van der Waals surface area (Å²) < 4.78 is 41.9. The molecule has 0 saturated carbocycles. The van der Waals surface area contributed by atoms with Crippen molar-refractivity contribution in [3.8, 4) is 0 Å². The molecule has 0 amide bonds. The molecule has 0 bridgehead atoms. The van der Waals surface area contributed by atoms with Crippen molar-refractivity contribution >= 4 is 11.9 Å². The predicted molar refractivity (Wildman–Crippen MR) is 85.8 cm³/mol. The number of nitrogens with zero attached hydrogens (tertiary/aromatic N) is 3. The van der Waals surface area contributed by atoms with Gasteiger partial charge in [-0.15, -0.1) is 0 Å². The molecule has 0 aromatic carbocycles. The van der Waals surface area contributed by atoms with E-state index in [4.69, 9.17) is 4.74 Å². The van der Waals surface area contributed by atoms with E-state index in [0.29, 0.717) is 45.0 Å². The number of likely N-dealkylation sites (N-methyl/N-ethyl adjacent to an activating group) is 1. The van der Waals surface area contributed by atoms with Crippen LogP contribution in [0.25, 0.3) is 0 Å². The Balaban J connectivity index is 2.34. The third-order valence-corrected chi connectivity index (χ3v) is 3.85. The summed E-state index contributed by atoms with van der Waals surface area (Å²) in [5.41, 5.74) is 0. The van der Waals surface area contributed by atoms with E-state index in [1.165, 1.54) is 11.9 Å². The Morgan fingerprint density at radius 1 is 1.38 bits per heavy atom. The van der Waals surface area contributed by atoms with Crippen molar-refractivity contribution in [3.05, 3.63) is 0 Å². The van der Waals surface area contributed by atoms with E-state index in [2.05, 4.69) is 10.3 Å². The number of guanidine groups is 1. The van der Waals surface area contributed by atoms with Gasteiger partial charge in [0, 0.05) is 33.2 Å². The number of likely N-dealkylation sites (tertiary alicyclic amines) is 1. The van der Waals surface area contributed by atoms with Crippen LogP contribution in [0, 0.1) is 5.92 Å². The van der Waals surface area contributed by atoms with Gasteiger partial charge < -0.3 is 15.0 Å². The summed E-state index contributed by atoms with van der Waals surface area (Å²) in [6.45, 7) is 3.21. The van der Waals surface area contributed by atoms with Crippen LogP contribution < -0.4 is 5.32 Å². The van der Waals surface area contributed by atoms with Crippen molar-refractivity contribution in [3.63, 3.8) is 0 Å². The second kappa shape index (κ2) is 9.71. The molecule has 6 nitrogen and oxygen atoms in total. The lowest BCUT2D eigenvalue weighted by Gasteiger charge is -2.33. The monoisotopic (exact) mass is 352 g/mol. The standard InChI is InChI=1S/C15H27F3N4O2/c1-4-24-13(23)12-5-8-22(9-6-12)14(19-2)20-7-10-21(3)11-15(16,17)18/h12H,4-11H2,1-3H3,(H,19,20). The van der Waals surface area contributed by atoms with E-state index >= 15 is 0 Å². The molecule has 1 N–H and O–H groups in total. The lowest BCUT2D eigenvalue weighted by molar-refractivity contribution is -0.149. The van der Waals surface area contributed by atoms with Gasteiger partial charge in [0.25, 0.3) is 0 Å². The number of ether oxygens (including phenoxy) is 1. The van der Waals surface area contributed by atoms with Gasteiger partial charge in [0.2, 0.25) is 0 Å². The fraction of sp³-hybridized carbons (Fsp3) is 0.867. The molecule has 0 atom stereocenters. The zero-order valence-corrected chi connectivity index (χ0v) is 14.5. The Bertz CT molecular complexity index is 421. The molecule has 0 unspecified atom stereocenters. The Kier molecular flexibility index (Phi) is 8.30. The summed E-state index contributed by atoms with van der Waals surface area (Å²) in [6.07, 6.45) is -2.81. The highest BCUT2D eigenvalue weighted by molar-refractivity contribution is 5.80.